The average molecular weight is 249 g/mol. The molecule has 0 aliphatic carbocycles. The van der Waals surface area contributed by atoms with Crippen molar-refractivity contribution in [2.45, 2.75) is 47.2 Å². The lowest BCUT2D eigenvalue weighted by Gasteiger charge is -2.37. The molecule has 1 aromatic rings. The van der Waals surface area contributed by atoms with Gasteiger partial charge in [0.25, 0.3) is 0 Å². The number of rotatable bonds is 5. The first kappa shape index (κ1) is 15.0. The molecule has 0 bridgehead atoms. The van der Waals surface area contributed by atoms with Crippen LogP contribution in [0, 0.1) is 5.41 Å². The number of aromatic nitrogens is 1. The first-order valence-corrected chi connectivity index (χ1v) is 6.74. The predicted molar refractivity (Wildman–Crippen MR) is 78.9 cm³/mol. The molecule has 1 N–H and O–H groups in total. The summed E-state index contributed by atoms with van der Waals surface area (Å²) in [5.74, 6) is 0. The molecule has 1 heterocycles. The first-order chi connectivity index (χ1) is 8.38. The van der Waals surface area contributed by atoms with Crippen molar-refractivity contribution in [1.82, 2.24) is 10.3 Å². The SMILES string of the molecule is CCNCc1ccncc1N(C)C(C)C(C)(C)C. The Morgan fingerprint density at radius 3 is 2.61 bits per heavy atom. The highest BCUT2D eigenvalue weighted by Gasteiger charge is 2.25. The maximum Gasteiger partial charge on any atom is 0.0598 e. The third kappa shape index (κ3) is 3.70. The first-order valence-electron chi connectivity index (χ1n) is 6.74. The zero-order valence-electron chi connectivity index (χ0n) is 12.6. The Bertz CT molecular complexity index is 368. The Labute approximate surface area is 112 Å². The summed E-state index contributed by atoms with van der Waals surface area (Å²) in [5.41, 5.74) is 2.78. The summed E-state index contributed by atoms with van der Waals surface area (Å²) in [6.07, 6.45) is 3.83. The van der Waals surface area contributed by atoms with E-state index >= 15 is 0 Å². The summed E-state index contributed by atoms with van der Waals surface area (Å²) in [7, 11) is 2.16. The van der Waals surface area contributed by atoms with Gasteiger partial charge in [-0.2, -0.15) is 0 Å². The molecule has 1 rings (SSSR count). The lowest BCUT2D eigenvalue weighted by molar-refractivity contribution is 0.329. The number of hydrogen-bond donors (Lipinski definition) is 1. The molecule has 102 valence electrons. The van der Waals surface area contributed by atoms with Crippen LogP contribution in [0.3, 0.4) is 0 Å². The van der Waals surface area contributed by atoms with Crippen LogP contribution in [0.25, 0.3) is 0 Å². The smallest absolute Gasteiger partial charge is 0.0598 e. The molecule has 1 unspecified atom stereocenters. The zero-order chi connectivity index (χ0) is 13.8. The van der Waals surface area contributed by atoms with Gasteiger partial charge in [-0.15, -0.1) is 0 Å². The molecule has 0 spiro atoms. The number of nitrogens with one attached hydrogen (secondary N) is 1. The van der Waals surface area contributed by atoms with E-state index in [1.807, 2.05) is 12.4 Å². The summed E-state index contributed by atoms with van der Waals surface area (Å²) in [5, 5.41) is 3.38. The highest BCUT2D eigenvalue weighted by atomic mass is 15.1. The Morgan fingerprint density at radius 2 is 2.06 bits per heavy atom. The van der Waals surface area contributed by atoms with E-state index in [4.69, 9.17) is 0 Å². The third-order valence-electron chi connectivity index (χ3n) is 3.67. The van der Waals surface area contributed by atoms with Crippen LogP contribution in [0.5, 0.6) is 0 Å². The van der Waals surface area contributed by atoms with Crippen LogP contribution in [0.1, 0.15) is 40.2 Å². The van der Waals surface area contributed by atoms with Gasteiger partial charge in [-0.05, 0) is 30.5 Å². The Kier molecular flexibility index (Phi) is 5.15. The lowest BCUT2D eigenvalue weighted by Crippen LogP contribution is -2.40. The molecule has 1 aromatic heterocycles. The average Bonchev–Trinajstić information content (AvgIpc) is 2.33. The summed E-state index contributed by atoms with van der Waals surface area (Å²) >= 11 is 0. The Hall–Kier alpha value is -1.09. The highest BCUT2D eigenvalue weighted by molar-refractivity contribution is 5.52. The molecule has 0 radical (unpaired) electrons. The molecular weight excluding hydrogens is 222 g/mol. The number of hydrogen-bond acceptors (Lipinski definition) is 3. The topological polar surface area (TPSA) is 28.2 Å². The van der Waals surface area contributed by atoms with E-state index in [1.54, 1.807) is 0 Å². The molecule has 18 heavy (non-hydrogen) atoms. The van der Waals surface area contributed by atoms with Crippen molar-refractivity contribution in [3.63, 3.8) is 0 Å². The van der Waals surface area contributed by atoms with Gasteiger partial charge in [0.15, 0.2) is 0 Å². The van der Waals surface area contributed by atoms with Crippen LogP contribution >= 0.6 is 0 Å². The molecule has 3 heteroatoms. The quantitative estimate of drug-likeness (QED) is 0.869. The van der Waals surface area contributed by atoms with Gasteiger partial charge in [0.05, 0.1) is 11.9 Å². The van der Waals surface area contributed by atoms with Crippen molar-refractivity contribution in [1.29, 1.82) is 0 Å². The minimum absolute atomic E-state index is 0.250. The van der Waals surface area contributed by atoms with E-state index in [-0.39, 0.29) is 5.41 Å². The Balaban J connectivity index is 2.94. The van der Waals surface area contributed by atoms with Crippen LogP contribution in [0.4, 0.5) is 5.69 Å². The molecule has 0 fully saturated rings. The Morgan fingerprint density at radius 1 is 1.39 bits per heavy atom. The summed E-state index contributed by atoms with van der Waals surface area (Å²) in [6.45, 7) is 13.1. The van der Waals surface area contributed by atoms with E-state index in [0.717, 1.165) is 13.1 Å². The van der Waals surface area contributed by atoms with Gasteiger partial charge in [-0.3, -0.25) is 4.98 Å². The minimum atomic E-state index is 0.250. The second kappa shape index (κ2) is 6.19. The maximum absolute atomic E-state index is 4.27. The number of nitrogens with zero attached hydrogens (tertiary/aromatic N) is 2. The lowest BCUT2D eigenvalue weighted by atomic mass is 9.87. The van der Waals surface area contributed by atoms with E-state index in [0.29, 0.717) is 6.04 Å². The second-order valence-corrected chi connectivity index (χ2v) is 5.94. The van der Waals surface area contributed by atoms with Gasteiger partial charge >= 0.3 is 0 Å². The van der Waals surface area contributed by atoms with E-state index in [1.165, 1.54) is 11.3 Å². The summed E-state index contributed by atoms with van der Waals surface area (Å²) < 4.78 is 0. The zero-order valence-corrected chi connectivity index (χ0v) is 12.6. The van der Waals surface area contributed by atoms with Gasteiger partial charge in [0.1, 0.15) is 0 Å². The molecule has 0 saturated heterocycles. The third-order valence-corrected chi connectivity index (χ3v) is 3.67. The molecule has 0 aliphatic rings. The molecule has 3 nitrogen and oxygen atoms in total. The van der Waals surface area contributed by atoms with Gasteiger partial charge in [-0.1, -0.05) is 27.7 Å². The molecule has 0 aromatic carbocycles. The van der Waals surface area contributed by atoms with Crippen molar-refractivity contribution in [2.75, 3.05) is 18.5 Å². The fourth-order valence-electron chi connectivity index (χ4n) is 1.93. The number of anilines is 1. The van der Waals surface area contributed by atoms with E-state index in [2.05, 4.69) is 62.9 Å². The van der Waals surface area contributed by atoms with Crippen LogP contribution in [0.15, 0.2) is 18.5 Å². The summed E-state index contributed by atoms with van der Waals surface area (Å²) in [6, 6.07) is 2.56. The molecule has 1 atom stereocenters. The molecule has 0 saturated carbocycles. The fraction of sp³-hybridized carbons (Fsp3) is 0.667. The van der Waals surface area contributed by atoms with Gasteiger partial charge in [0, 0.05) is 25.8 Å². The highest BCUT2D eigenvalue weighted by Crippen LogP contribution is 2.28. The standard InChI is InChI=1S/C15H27N3/c1-7-16-10-13-8-9-17-11-14(13)18(6)12(2)15(3,4)5/h8-9,11-12,16H,7,10H2,1-6H3. The van der Waals surface area contributed by atoms with E-state index < -0.39 is 0 Å². The van der Waals surface area contributed by atoms with Crippen LogP contribution in [0.2, 0.25) is 0 Å². The molecule has 0 amide bonds. The van der Waals surface area contributed by atoms with Crippen molar-refractivity contribution in [3.8, 4) is 0 Å². The minimum Gasteiger partial charge on any atom is -0.370 e. The van der Waals surface area contributed by atoms with E-state index in [9.17, 15) is 0 Å². The normalized spacial score (nSPS) is 13.4. The summed E-state index contributed by atoms with van der Waals surface area (Å²) in [4.78, 5) is 6.60. The van der Waals surface area contributed by atoms with Crippen molar-refractivity contribution >= 4 is 5.69 Å². The predicted octanol–water partition coefficient (Wildman–Crippen LogP) is 3.06. The van der Waals surface area contributed by atoms with Gasteiger partial charge in [0.2, 0.25) is 0 Å². The molecular formula is C15H27N3. The van der Waals surface area contributed by atoms with Crippen LogP contribution in [-0.4, -0.2) is 24.6 Å². The van der Waals surface area contributed by atoms with Gasteiger partial charge < -0.3 is 10.2 Å². The van der Waals surface area contributed by atoms with Crippen molar-refractivity contribution < 1.29 is 0 Å². The second-order valence-electron chi connectivity index (χ2n) is 5.94. The van der Waals surface area contributed by atoms with Crippen molar-refractivity contribution in [2.24, 2.45) is 5.41 Å². The fourth-order valence-corrected chi connectivity index (χ4v) is 1.93. The van der Waals surface area contributed by atoms with Crippen LogP contribution < -0.4 is 10.2 Å². The van der Waals surface area contributed by atoms with Gasteiger partial charge in [-0.25, -0.2) is 0 Å². The largest absolute Gasteiger partial charge is 0.370 e. The number of pyridine rings is 1. The van der Waals surface area contributed by atoms with Crippen molar-refractivity contribution in [3.05, 3.63) is 24.0 Å². The maximum atomic E-state index is 4.27. The molecule has 0 aliphatic heterocycles. The van der Waals surface area contributed by atoms with Crippen LogP contribution in [-0.2, 0) is 6.54 Å². The monoisotopic (exact) mass is 249 g/mol.